The Morgan fingerprint density at radius 1 is 1.13 bits per heavy atom. The van der Waals surface area contributed by atoms with Crippen LogP contribution in [-0.2, 0) is 14.3 Å². The maximum Gasteiger partial charge on any atom is 0.166 e. The largest absolute Gasteiger partial charge is 0.497 e. The fourth-order valence-electron chi connectivity index (χ4n) is 8.08. The Morgan fingerprint density at radius 3 is 2.58 bits per heavy atom. The molecule has 5 aliphatic rings. The summed E-state index contributed by atoms with van der Waals surface area (Å²) in [5.74, 6) is -2.22. The first-order chi connectivity index (χ1) is 14.6. The van der Waals surface area contributed by atoms with Crippen molar-refractivity contribution < 1.29 is 34.8 Å². The molecule has 4 saturated carbocycles. The molecule has 1 heterocycles. The lowest BCUT2D eigenvalue weighted by Crippen LogP contribution is -2.74. The number of hydrogen-bond donors (Lipinski definition) is 4. The molecule has 9 unspecified atom stereocenters. The number of rotatable bonds is 2. The Hall–Kier alpha value is -1.54. The minimum atomic E-state index is -1.51. The number of aliphatic hydroxyl groups is 4. The molecule has 0 spiro atoms. The van der Waals surface area contributed by atoms with E-state index in [1.807, 2.05) is 12.2 Å². The van der Waals surface area contributed by atoms with Crippen LogP contribution in [0, 0.1) is 28.6 Å². The predicted molar refractivity (Wildman–Crippen MR) is 109 cm³/mol. The average molecular weight is 433 g/mol. The number of allylic oxidation sites excluding steroid dienone is 2. The summed E-state index contributed by atoms with van der Waals surface area (Å²) in [6.07, 6.45) is 6.07. The molecule has 0 bridgehead atoms. The number of hydrogen-bond acceptors (Lipinski definition) is 7. The fourth-order valence-corrected chi connectivity index (χ4v) is 8.08. The van der Waals surface area contributed by atoms with Gasteiger partial charge in [0.25, 0.3) is 0 Å². The van der Waals surface area contributed by atoms with Crippen LogP contribution in [0.3, 0.4) is 0 Å². The van der Waals surface area contributed by atoms with Gasteiger partial charge in [0.05, 0.1) is 29.0 Å². The van der Waals surface area contributed by atoms with Gasteiger partial charge in [0, 0.05) is 17.8 Å². The van der Waals surface area contributed by atoms with Crippen molar-refractivity contribution in [2.45, 2.75) is 75.3 Å². The van der Waals surface area contributed by atoms with Gasteiger partial charge in [0.15, 0.2) is 5.78 Å². The summed E-state index contributed by atoms with van der Waals surface area (Å²) in [7, 11) is 0. The lowest BCUT2D eigenvalue weighted by atomic mass is 9.40. The summed E-state index contributed by atoms with van der Waals surface area (Å²) in [5, 5.41) is 45.2. The van der Waals surface area contributed by atoms with Gasteiger partial charge in [-0.15, -0.1) is 0 Å². The molecular weight excluding hydrogens is 400 g/mol. The van der Waals surface area contributed by atoms with Gasteiger partial charge in [-0.25, -0.2) is 0 Å². The van der Waals surface area contributed by atoms with Crippen LogP contribution >= 0.6 is 0 Å². The molecule has 0 aromatic heterocycles. The molecule has 4 aliphatic carbocycles. The van der Waals surface area contributed by atoms with Crippen molar-refractivity contribution in [3.63, 3.8) is 0 Å². The number of ketones is 1. The minimum Gasteiger partial charge on any atom is -0.497 e. The molecule has 5 rings (SSSR count). The third-order valence-corrected chi connectivity index (χ3v) is 9.72. The van der Waals surface area contributed by atoms with Gasteiger partial charge in [0.1, 0.15) is 19.0 Å². The third kappa shape index (κ3) is 2.44. The van der Waals surface area contributed by atoms with Crippen molar-refractivity contribution >= 4 is 12.1 Å². The molecule has 31 heavy (non-hydrogen) atoms. The molecule has 4 fully saturated rings. The zero-order valence-electron chi connectivity index (χ0n) is 17.9. The monoisotopic (exact) mass is 432 g/mol. The first-order valence-electron chi connectivity index (χ1n) is 11.4. The minimum absolute atomic E-state index is 0.0334. The molecule has 7 heteroatoms. The zero-order valence-corrected chi connectivity index (χ0v) is 17.9. The Labute approximate surface area is 181 Å². The van der Waals surface area contributed by atoms with E-state index in [0.717, 1.165) is 5.57 Å². The van der Waals surface area contributed by atoms with Crippen LogP contribution in [0.4, 0.5) is 0 Å². The number of ether oxygens (including phenoxy) is 1. The summed E-state index contributed by atoms with van der Waals surface area (Å²) in [6.45, 7) is 2.25. The van der Waals surface area contributed by atoms with Gasteiger partial charge in [-0.05, 0) is 62.0 Å². The second-order valence-corrected chi connectivity index (χ2v) is 10.7. The highest BCUT2D eigenvalue weighted by Crippen LogP contribution is 2.69. The third-order valence-electron chi connectivity index (χ3n) is 9.72. The summed E-state index contributed by atoms with van der Waals surface area (Å²) < 4.78 is 5.45. The number of fused-ring (bicyclic) bond motifs is 5. The highest BCUT2D eigenvalue weighted by molar-refractivity contribution is 5.92. The lowest BCUT2D eigenvalue weighted by Gasteiger charge is -2.65. The van der Waals surface area contributed by atoms with Crippen molar-refractivity contribution in [2.24, 2.45) is 28.6 Å². The van der Waals surface area contributed by atoms with Crippen molar-refractivity contribution in [3.8, 4) is 0 Å². The molecule has 0 saturated heterocycles. The standard InChI is InChI=1S/C24H32O7/c1-21-16(14-3-2-10-31-12-14)6-9-24(21,30)17-5-8-23(29)11-15(26)4-7-22(23,13-25)18(17)19(27)20(21)28/h2-3,12-13,15-18,20,26,28-30H,4-11H2,1H3. The van der Waals surface area contributed by atoms with Gasteiger partial charge in [-0.2, -0.15) is 0 Å². The number of aldehydes is 1. The molecule has 7 nitrogen and oxygen atoms in total. The fraction of sp³-hybridized carbons (Fsp3) is 0.750. The summed E-state index contributed by atoms with van der Waals surface area (Å²) in [4.78, 5) is 26.3. The van der Waals surface area contributed by atoms with E-state index in [0.29, 0.717) is 38.6 Å². The maximum atomic E-state index is 13.8. The van der Waals surface area contributed by atoms with E-state index in [-0.39, 0.29) is 25.2 Å². The summed E-state index contributed by atoms with van der Waals surface area (Å²) in [5.41, 5.74) is -4.51. The van der Waals surface area contributed by atoms with E-state index in [1.54, 1.807) is 13.2 Å². The van der Waals surface area contributed by atoms with E-state index in [1.165, 1.54) is 0 Å². The van der Waals surface area contributed by atoms with Crippen molar-refractivity contribution in [1.82, 2.24) is 0 Å². The van der Waals surface area contributed by atoms with E-state index in [2.05, 4.69) is 0 Å². The van der Waals surface area contributed by atoms with Crippen molar-refractivity contribution in [1.29, 1.82) is 0 Å². The second kappa shape index (κ2) is 6.73. The topological polar surface area (TPSA) is 124 Å². The molecular formula is C24H32O7. The van der Waals surface area contributed by atoms with Crippen LogP contribution in [0.2, 0.25) is 0 Å². The van der Waals surface area contributed by atoms with Crippen molar-refractivity contribution in [3.05, 3.63) is 24.0 Å². The van der Waals surface area contributed by atoms with Crippen LogP contribution in [0.15, 0.2) is 24.0 Å². The van der Waals surface area contributed by atoms with E-state index in [4.69, 9.17) is 4.74 Å². The normalized spacial score (nSPS) is 53.6. The molecule has 0 amide bonds. The van der Waals surface area contributed by atoms with Crippen LogP contribution < -0.4 is 0 Å². The first-order valence-corrected chi connectivity index (χ1v) is 11.4. The van der Waals surface area contributed by atoms with Gasteiger partial charge in [0.2, 0.25) is 0 Å². The number of aliphatic hydroxyl groups excluding tert-OH is 2. The number of Topliss-reactive ketones (excluding diaryl/α,β-unsaturated/α-hetero) is 1. The molecule has 0 radical (unpaired) electrons. The predicted octanol–water partition coefficient (Wildman–Crippen LogP) is 1.04. The highest BCUT2D eigenvalue weighted by atomic mass is 16.5. The number of carbonyl (C=O) groups excluding carboxylic acids is 2. The van der Waals surface area contributed by atoms with Gasteiger partial charge >= 0.3 is 0 Å². The van der Waals surface area contributed by atoms with Crippen LogP contribution in [0.1, 0.15) is 51.9 Å². The molecule has 170 valence electrons. The molecule has 9 atom stereocenters. The SMILES string of the molecule is CC12C(O)C(=O)C3C(CCC4(O)CC(O)CCC34C=O)C1(O)CCC2C1=COCC=C1. The van der Waals surface area contributed by atoms with Crippen LogP contribution in [-0.4, -0.2) is 62.5 Å². The quantitative estimate of drug-likeness (QED) is 0.481. The molecule has 1 aliphatic heterocycles. The highest BCUT2D eigenvalue weighted by Gasteiger charge is 2.76. The van der Waals surface area contributed by atoms with E-state index < -0.39 is 51.9 Å². The molecule has 0 aromatic carbocycles. The Bertz CT molecular complexity index is 866. The van der Waals surface area contributed by atoms with Gasteiger partial charge in [-0.1, -0.05) is 13.0 Å². The Morgan fingerprint density at radius 2 is 1.90 bits per heavy atom. The second-order valence-electron chi connectivity index (χ2n) is 10.7. The van der Waals surface area contributed by atoms with Crippen LogP contribution in [0.5, 0.6) is 0 Å². The average Bonchev–Trinajstić information content (AvgIpc) is 3.04. The summed E-state index contributed by atoms with van der Waals surface area (Å²) >= 11 is 0. The first kappa shape index (κ1) is 21.3. The lowest BCUT2D eigenvalue weighted by molar-refractivity contribution is -0.256. The maximum absolute atomic E-state index is 13.8. The molecule has 4 N–H and O–H groups in total. The zero-order chi connectivity index (χ0) is 22.2. The van der Waals surface area contributed by atoms with Gasteiger partial charge < -0.3 is 30.0 Å². The molecule has 0 aromatic rings. The van der Waals surface area contributed by atoms with Crippen molar-refractivity contribution in [2.75, 3.05) is 6.61 Å². The smallest absolute Gasteiger partial charge is 0.166 e. The summed E-state index contributed by atoms with van der Waals surface area (Å²) in [6, 6.07) is 0. The Kier molecular flexibility index (Phi) is 4.63. The van der Waals surface area contributed by atoms with E-state index >= 15 is 0 Å². The van der Waals surface area contributed by atoms with Gasteiger partial charge in [-0.3, -0.25) is 4.79 Å². The van der Waals surface area contributed by atoms with Crippen LogP contribution in [0.25, 0.3) is 0 Å². The Balaban J connectivity index is 1.61. The van der Waals surface area contributed by atoms with E-state index in [9.17, 15) is 30.0 Å². The number of carbonyl (C=O) groups is 2.